The number of hydrogen-bond donors (Lipinski definition) is 1. The van der Waals surface area contributed by atoms with E-state index in [4.69, 9.17) is 10.5 Å². The van der Waals surface area contributed by atoms with Crippen LogP contribution in [0.1, 0.15) is 30.9 Å². The first-order chi connectivity index (χ1) is 8.69. The Kier molecular flexibility index (Phi) is 4.00. The van der Waals surface area contributed by atoms with Gasteiger partial charge in [0.15, 0.2) is 0 Å². The maximum absolute atomic E-state index is 5.86. The van der Waals surface area contributed by atoms with Crippen molar-refractivity contribution in [3.05, 3.63) is 59.7 Å². The minimum absolute atomic E-state index is 0.504. The van der Waals surface area contributed by atoms with Gasteiger partial charge in [-0.2, -0.15) is 0 Å². The van der Waals surface area contributed by atoms with Crippen molar-refractivity contribution in [2.45, 2.75) is 26.3 Å². The number of rotatable bonds is 4. The molecular formula is C16H19NO. The first-order valence-electron chi connectivity index (χ1n) is 6.26. The van der Waals surface area contributed by atoms with Crippen LogP contribution in [-0.2, 0) is 6.54 Å². The molecule has 0 unspecified atom stereocenters. The molecule has 0 fully saturated rings. The van der Waals surface area contributed by atoms with Gasteiger partial charge in [0.25, 0.3) is 0 Å². The summed E-state index contributed by atoms with van der Waals surface area (Å²) in [5.41, 5.74) is 7.98. The Morgan fingerprint density at radius 1 is 1.00 bits per heavy atom. The van der Waals surface area contributed by atoms with E-state index in [1.807, 2.05) is 36.4 Å². The van der Waals surface area contributed by atoms with Crippen molar-refractivity contribution in [2.75, 3.05) is 0 Å². The molecule has 0 aromatic heterocycles. The molecule has 2 aromatic carbocycles. The van der Waals surface area contributed by atoms with Crippen molar-refractivity contribution in [2.24, 2.45) is 5.73 Å². The fourth-order valence-corrected chi connectivity index (χ4v) is 1.81. The highest BCUT2D eigenvalue weighted by atomic mass is 16.5. The van der Waals surface area contributed by atoms with E-state index in [0.29, 0.717) is 12.5 Å². The molecule has 0 radical (unpaired) electrons. The lowest BCUT2D eigenvalue weighted by atomic mass is 10.0. The monoisotopic (exact) mass is 241 g/mol. The third-order valence-electron chi connectivity index (χ3n) is 2.89. The molecule has 2 heteroatoms. The maximum atomic E-state index is 5.86. The van der Waals surface area contributed by atoms with Gasteiger partial charge in [-0.3, -0.25) is 0 Å². The molecule has 2 aromatic rings. The third-order valence-corrected chi connectivity index (χ3v) is 2.89. The van der Waals surface area contributed by atoms with Crippen LogP contribution in [0.25, 0.3) is 0 Å². The van der Waals surface area contributed by atoms with Crippen LogP contribution in [-0.4, -0.2) is 0 Å². The minimum Gasteiger partial charge on any atom is -0.457 e. The predicted molar refractivity (Wildman–Crippen MR) is 74.9 cm³/mol. The molecule has 0 atom stereocenters. The largest absolute Gasteiger partial charge is 0.457 e. The zero-order chi connectivity index (χ0) is 13.0. The fraction of sp³-hybridized carbons (Fsp3) is 0.250. The standard InChI is InChI=1S/C16H19NO/c1-12(2)14-6-4-8-16(10-14)18-15-7-3-5-13(9-15)11-17/h3-10,12H,11,17H2,1-2H3. The molecule has 0 aliphatic carbocycles. The van der Waals surface area contributed by atoms with Gasteiger partial charge in [0.1, 0.15) is 11.5 Å². The molecule has 0 bridgehead atoms. The van der Waals surface area contributed by atoms with Gasteiger partial charge in [-0.1, -0.05) is 38.1 Å². The van der Waals surface area contributed by atoms with Crippen LogP contribution >= 0.6 is 0 Å². The van der Waals surface area contributed by atoms with Crippen LogP contribution in [0.5, 0.6) is 11.5 Å². The summed E-state index contributed by atoms with van der Waals surface area (Å²) in [7, 11) is 0. The topological polar surface area (TPSA) is 35.2 Å². The molecule has 2 rings (SSSR count). The number of ether oxygens (including phenoxy) is 1. The van der Waals surface area contributed by atoms with E-state index in [2.05, 4.69) is 26.0 Å². The van der Waals surface area contributed by atoms with Gasteiger partial charge in [0, 0.05) is 6.54 Å². The van der Waals surface area contributed by atoms with E-state index < -0.39 is 0 Å². The molecule has 0 heterocycles. The van der Waals surface area contributed by atoms with Crippen LogP contribution < -0.4 is 10.5 Å². The highest BCUT2D eigenvalue weighted by Crippen LogP contribution is 2.25. The van der Waals surface area contributed by atoms with Crippen LogP contribution in [0.2, 0.25) is 0 Å². The van der Waals surface area contributed by atoms with Gasteiger partial charge in [0.2, 0.25) is 0 Å². The molecule has 2 nitrogen and oxygen atoms in total. The minimum atomic E-state index is 0.504. The lowest BCUT2D eigenvalue weighted by molar-refractivity contribution is 0.481. The van der Waals surface area contributed by atoms with Crippen LogP contribution in [0, 0.1) is 0 Å². The molecule has 0 saturated heterocycles. The summed E-state index contributed by atoms with van der Waals surface area (Å²) in [6, 6.07) is 16.1. The summed E-state index contributed by atoms with van der Waals surface area (Å²) in [6.07, 6.45) is 0. The lowest BCUT2D eigenvalue weighted by Crippen LogP contribution is -1.96. The molecule has 0 saturated carbocycles. The smallest absolute Gasteiger partial charge is 0.127 e. The Bertz CT molecular complexity index is 520. The molecule has 18 heavy (non-hydrogen) atoms. The van der Waals surface area contributed by atoms with Crippen LogP contribution in [0.4, 0.5) is 0 Å². The van der Waals surface area contributed by atoms with E-state index in [0.717, 1.165) is 17.1 Å². The van der Waals surface area contributed by atoms with Crippen molar-refractivity contribution < 1.29 is 4.74 Å². The average Bonchev–Trinajstić information content (AvgIpc) is 2.39. The molecule has 94 valence electrons. The zero-order valence-corrected chi connectivity index (χ0v) is 10.9. The van der Waals surface area contributed by atoms with Crippen molar-refractivity contribution in [3.8, 4) is 11.5 Å². The normalized spacial score (nSPS) is 10.7. The van der Waals surface area contributed by atoms with Crippen molar-refractivity contribution >= 4 is 0 Å². The molecular weight excluding hydrogens is 222 g/mol. The molecule has 0 aliphatic heterocycles. The molecule has 0 aliphatic rings. The molecule has 0 amide bonds. The van der Waals surface area contributed by atoms with Crippen LogP contribution in [0.15, 0.2) is 48.5 Å². The highest BCUT2D eigenvalue weighted by Gasteiger charge is 2.02. The Morgan fingerprint density at radius 3 is 2.33 bits per heavy atom. The lowest BCUT2D eigenvalue weighted by Gasteiger charge is -2.10. The van der Waals surface area contributed by atoms with Crippen molar-refractivity contribution in [1.82, 2.24) is 0 Å². The van der Waals surface area contributed by atoms with Gasteiger partial charge in [-0.15, -0.1) is 0 Å². The van der Waals surface area contributed by atoms with E-state index in [9.17, 15) is 0 Å². The van der Waals surface area contributed by atoms with E-state index >= 15 is 0 Å². The Morgan fingerprint density at radius 2 is 1.67 bits per heavy atom. The molecule has 2 N–H and O–H groups in total. The average molecular weight is 241 g/mol. The van der Waals surface area contributed by atoms with E-state index in [-0.39, 0.29) is 0 Å². The summed E-state index contributed by atoms with van der Waals surface area (Å²) < 4.78 is 5.86. The van der Waals surface area contributed by atoms with Gasteiger partial charge in [0.05, 0.1) is 0 Å². The Hall–Kier alpha value is -1.80. The maximum Gasteiger partial charge on any atom is 0.127 e. The Balaban J connectivity index is 2.20. The first-order valence-corrected chi connectivity index (χ1v) is 6.26. The number of hydrogen-bond acceptors (Lipinski definition) is 2. The summed E-state index contributed by atoms with van der Waals surface area (Å²) >= 11 is 0. The SMILES string of the molecule is CC(C)c1cccc(Oc2cccc(CN)c2)c1. The summed E-state index contributed by atoms with van der Waals surface area (Å²) in [5, 5.41) is 0. The molecule has 0 spiro atoms. The second-order valence-corrected chi connectivity index (χ2v) is 4.68. The van der Waals surface area contributed by atoms with Crippen LogP contribution in [0.3, 0.4) is 0 Å². The van der Waals surface area contributed by atoms with Gasteiger partial charge in [-0.05, 0) is 41.3 Å². The number of nitrogens with two attached hydrogens (primary N) is 1. The van der Waals surface area contributed by atoms with E-state index in [1.54, 1.807) is 0 Å². The van der Waals surface area contributed by atoms with Gasteiger partial charge in [-0.25, -0.2) is 0 Å². The van der Waals surface area contributed by atoms with Gasteiger partial charge < -0.3 is 10.5 Å². The predicted octanol–water partition coefficient (Wildman–Crippen LogP) is 4.06. The quantitative estimate of drug-likeness (QED) is 0.876. The summed E-state index contributed by atoms with van der Waals surface area (Å²) in [5.74, 6) is 2.21. The van der Waals surface area contributed by atoms with E-state index in [1.165, 1.54) is 5.56 Å². The second-order valence-electron chi connectivity index (χ2n) is 4.68. The van der Waals surface area contributed by atoms with Gasteiger partial charge >= 0.3 is 0 Å². The zero-order valence-electron chi connectivity index (χ0n) is 10.9. The number of benzene rings is 2. The second kappa shape index (κ2) is 5.69. The Labute approximate surface area is 108 Å². The summed E-state index contributed by atoms with van der Waals surface area (Å²) in [6.45, 7) is 4.88. The fourth-order valence-electron chi connectivity index (χ4n) is 1.81. The first kappa shape index (κ1) is 12.7. The summed E-state index contributed by atoms with van der Waals surface area (Å²) in [4.78, 5) is 0. The van der Waals surface area contributed by atoms with Crippen molar-refractivity contribution in [3.63, 3.8) is 0 Å². The van der Waals surface area contributed by atoms with Crippen molar-refractivity contribution in [1.29, 1.82) is 0 Å². The highest BCUT2D eigenvalue weighted by molar-refractivity contribution is 5.36. The third kappa shape index (κ3) is 3.11.